The summed E-state index contributed by atoms with van der Waals surface area (Å²) in [4.78, 5) is 10.6. The van der Waals surface area contributed by atoms with E-state index in [-0.39, 0.29) is 16.7 Å². The second-order valence-corrected chi connectivity index (χ2v) is 5.37. The highest BCUT2D eigenvalue weighted by Crippen LogP contribution is 2.29. The van der Waals surface area contributed by atoms with Crippen LogP contribution in [0.5, 0.6) is 0 Å². The van der Waals surface area contributed by atoms with E-state index in [1.165, 1.54) is 6.07 Å². The van der Waals surface area contributed by atoms with Gasteiger partial charge >= 0.3 is 0 Å². The quantitative estimate of drug-likeness (QED) is 0.671. The Balaban J connectivity index is 2.34. The van der Waals surface area contributed by atoms with Crippen molar-refractivity contribution in [3.63, 3.8) is 0 Å². The fraction of sp³-hybridized carbons (Fsp3) is 0.286. The third-order valence-corrected chi connectivity index (χ3v) is 4.25. The maximum absolute atomic E-state index is 11.0. The minimum Gasteiger partial charge on any atom is -0.346 e. The lowest BCUT2D eigenvalue weighted by atomic mass is 10.2. The molecule has 1 N–H and O–H groups in total. The van der Waals surface area contributed by atoms with Gasteiger partial charge in [-0.1, -0.05) is 12.1 Å². The molecule has 5 nitrogen and oxygen atoms in total. The predicted molar refractivity (Wildman–Crippen MR) is 81.8 cm³/mol. The lowest BCUT2D eigenvalue weighted by Crippen LogP contribution is -2.17. The summed E-state index contributed by atoms with van der Waals surface area (Å²) in [6.45, 7) is 2.67. The molecule has 0 saturated heterocycles. The zero-order chi connectivity index (χ0) is 14.7. The number of hydrogen-bond donors (Lipinski definition) is 1. The highest BCUT2D eigenvalue weighted by Gasteiger charge is 2.16. The fourth-order valence-corrected chi connectivity index (χ4v) is 2.66. The molecule has 0 saturated carbocycles. The molecule has 0 spiro atoms. The van der Waals surface area contributed by atoms with Gasteiger partial charge in [0.1, 0.15) is 4.47 Å². The van der Waals surface area contributed by atoms with E-state index in [9.17, 15) is 10.1 Å². The second-order valence-electron chi connectivity index (χ2n) is 4.58. The molecule has 0 fully saturated rings. The molecular formula is C14H16BrN3O2. The van der Waals surface area contributed by atoms with Crippen molar-refractivity contribution in [3.05, 3.63) is 62.4 Å². The van der Waals surface area contributed by atoms with Crippen LogP contribution in [0.1, 0.15) is 24.2 Å². The van der Waals surface area contributed by atoms with Gasteiger partial charge < -0.3 is 9.88 Å². The first-order chi connectivity index (χ1) is 9.54. The number of nitro groups is 1. The molecule has 106 valence electrons. The van der Waals surface area contributed by atoms with Crippen molar-refractivity contribution in [2.75, 3.05) is 7.05 Å². The lowest BCUT2D eigenvalue weighted by molar-refractivity contribution is -0.385. The van der Waals surface area contributed by atoms with Crippen LogP contribution in [0.25, 0.3) is 0 Å². The summed E-state index contributed by atoms with van der Waals surface area (Å²) in [5, 5.41) is 14.2. The van der Waals surface area contributed by atoms with Crippen molar-refractivity contribution in [1.29, 1.82) is 0 Å². The van der Waals surface area contributed by atoms with Crippen LogP contribution in [0.2, 0.25) is 0 Å². The van der Waals surface area contributed by atoms with Gasteiger partial charge in [-0.15, -0.1) is 0 Å². The van der Waals surface area contributed by atoms with Crippen molar-refractivity contribution in [2.45, 2.75) is 19.5 Å². The molecule has 0 amide bonds. The molecule has 1 atom stereocenters. The minimum atomic E-state index is -0.375. The van der Waals surface area contributed by atoms with E-state index in [0.29, 0.717) is 11.0 Å². The maximum Gasteiger partial charge on any atom is 0.283 e. The van der Waals surface area contributed by atoms with E-state index in [1.54, 1.807) is 6.07 Å². The van der Waals surface area contributed by atoms with Crippen molar-refractivity contribution in [1.82, 2.24) is 9.88 Å². The molecular weight excluding hydrogens is 322 g/mol. The van der Waals surface area contributed by atoms with Crippen molar-refractivity contribution in [3.8, 4) is 0 Å². The zero-order valence-electron chi connectivity index (χ0n) is 11.3. The average molecular weight is 338 g/mol. The Bertz CT molecular complexity index is 625. The highest BCUT2D eigenvalue weighted by atomic mass is 79.9. The number of halogens is 1. The van der Waals surface area contributed by atoms with Gasteiger partial charge in [-0.05, 0) is 47.6 Å². The molecule has 0 bridgehead atoms. The summed E-state index contributed by atoms with van der Waals surface area (Å²) in [6, 6.07) is 9.36. The van der Waals surface area contributed by atoms with Crippen molar-refractivity contribution >= 4 is 21.6 Å². The molecule has 6 heteroatoms. The van der Waals surface area contributed by atoms with E-state index in [0.717, 1.165) is 11.3 Å². The predicted octanol–water partition coefficient (Wildman–Crippen LogP) is 3.49. The Morgan fingerprint density at radius 1 is 1.40 bits per heavy atom. The third-order valence-electron chi connectivity index (χ3n) is 3.34. The smallest absolute Gasteiger partial charge is 0.283 e. The minimum absolute atomic E-state index is 0.0953. The summed E-state index contributed by atoms with van der Waals surface area (Å²) < 4.78 is 2.63. The first kappa shape index (κ1) is 14.7. The van der Waals surface area contributed by atoms with Gasteiger partial charge in [0, 0.05) is 30.5 Å². The Hall–Kier alpha value is -1.66. The number of benzene rings is 1. The van der Waals surface area contributed by atoms with Crippen LogP contribution in [0, 0.1) is 10.1 Å². The molecule has 1 unspecified atom stereocenters. The molecule has 0 aliphatic heterocycles. The molecule has 1 aromatic carbocycles. The van der Waals surface area contributed by atoms with Gasteiger partial charge in [0.15, 0.2) is 0 Å². The molecule has 0 aliphatic rings. The van der Waals surface area contributed by atoms with Gasteiger partial charge in [0.05, 0.1) is 4.92 Å². The van der Waals surface area contributed by atoms with E-state index in [2.05, 4.69) is 32.7 Å². The normalized spacial score (nSPS) is 12.3. The topological polar surface area (TPSA) is 60.1 Å². The zero-order valence-corrected chi connectivity index (χ0v) is 12.9. The number of nitrogens with one attached hydrogen (secondary N) is 1. The van der Waals surface area contributed by atoms with Crippen LogP contribution in [-0.2, 0) is 6.54 Å². The van der Waals surface area contributed by atoms with Crippen LogP contribution >= 0.6 is 15.9 Å². The summed E-state index contributed by atoms with van der Waals surface area (Å²) in [7, 11) is 1.91. The third kappa shape index (κ3) is 2.91. The van der Waals surface area contributed by atoms with Crippen LogP contribution in [0.15, 0.2) is 41.0 Å². The summed E-state index contributed by atoms with van der Waals surface area (Å²) in [5.74, 6) is 0. The Morgan fingerprint density at radius 2 is 2.15 bits per heavy atom. The van der Waals surface area contributed by atoms with E-state index < -0.39 is 0 Å². The standard InChI is InChI=1S/C14H16BrN3O2/c1-10(16-2)12-7-4-8-17(12)9-11-5-3-6-13(14(11)15)18(19)20/h3-8,10,16H,9H2,1-2H3. The van der Waals surface area contributed by atoms with Crippen molar-refractivity contribution in [2.24, 2.45) is 0 Å². The molecule has 20 heavy (non-hydrogen) atoms. The molecule has 2 aromatic rings. The van der Waals surface area contributed by atoms with E-state index in [1.807, 2.05) is 31.4 Å². The number of nitrogens with zero attached hydrogens (tertiary/aromatic N) is 2. The van der Waals surface area contributed by atoms with E-state index >= 15 is 0 Å². The average Bonchev–Trinajstić information content (AvgIpc) is 2.88. The van der Waals surface area contributed by atoms with Crippen molar-refractivity contribution < 1.29 is 4.92 Å². The summed E-state index contributed by atoms with van der Waals surface area (Å²) in [5.41, 5.74) is 2.13. The largest absolute Gasteiger partial charge is 0.346 e. The summed E-state index contributed by atoms with van der Waals surface area (Å²) in [6.07, 6.45) is 1.98. The van der Waals surface area contributed by atoms with Gasteiger partial charge in [0.2, 0.25) is 0 Å². The van der Waals surface area contributed by atoms with Crippen LogP contribution in [0.3, 0.4) is 0 Å². The van der Waals surface area contributed by atoms with Gasteiger partial charge in [-0.25, -0.2) is 0 Å². The molecule has 1 heterocycles. The maximum atomic E-state index is 11.0. The summed E-state index contributed by atoms with van der Waals surface area (Å²) >= 11 is 3.34. The number of hydrogen-bond acceptors (Lipinski definition) is 3. The fourth-order valence-electron chi connectivity index (χ4n) is 2.13. The SMILES string of the molecule is CNC(C)c1cccn1Cc1cccc([N+](=O)[O-])c1Br. The monoisotopic (exact) mass is 337 g/mol. The van der Waals surface area contributed by atoms with Gasteiger partial charge in [-0.2, -0.15) is 0 Å². The first-order valence-corrected chi connectivity index (χ1v) is 7.08. The Morgan fingerprint density at radius 3 is 2.80 bits per heavy atom. The number of rotatable bonds is 5. The Kier molecular flexibility index (Phi) is 4.57. The molecule has 0 radical (unpaired) electrons. The van der Waals surface area contributed by atoms with Gasteiger partial charge in [-0.3, -0.25) is 10.1 Å². The highest BCUT2D eigenvalue weighted by molar-refractivity contribution is 9.10. The first-order valence-electron chi connectivity index (χ1n) is 6.28. The molecule has 2 rings (SSSR count). The number of nitro benzene ring substituents is 1. The van der Waals surface area contributed by atoms with Crippen LogP contribution in [0.4, 0.5) is 5.69 Å². The second kappa shape index (κ2) is 6.19. The molecule has 0 aliphatic carbocycles. The van der Waals surface area contributed by atoms with Crippen LogP contribution < -0.4 is 5.32 Å². The van der Waals surface area contributed by atoms with Crippen LogP contribution in [-0.4, -0.2) is 16.5 Å². The molecule has 1 aromatic heterocycles. The Labute approximate surface area is 125 Å². The number of aromatic nitrogens is 1. The van der Waals surface area contributed by atoms with E-state index in [4.69, 9.17) is 0 Å². The lowest BCUT2D eigenvalue weighted by Gasteiger charge is -2.15. The van der Waals surface area contributed by atoms with Gasteiger partial charge in [0.25, 0.3) is 5.69 Å².